The quantitative estimate of drug-likeness (QED) is 0.660. The molecule has 0 aliphatic rings. The molecular formula is C18H20O8. The second kappa shape index (κ2) is 8.80. The van der Waals surface area contributed by atoms with Crippen molar-refractivity contribution in [3.63, 3.8) is 0 Å². The van der Waals surface area contributed by atoms with E-state index in [0.717, 1.165) is 0 Å². The van der Waals surface area contributed by atoms with Crippen LogP contribution in [0.2, 0.25) is 0 Å². The Balaban J connectivity index is 2.18. The second-order valence-corrected chi connectivity index (χ2v) is 4.96. The first-order valence-electron chi connectivity index (χ1n) is 7.76. The summed E-state index contributed by atoms with van der Waals surface area (Å²) in [6.45, 7) is 1.69. The largest absolute Gasteiger partial charge is 0.496 e. The molecule has 0 saturated heterocycles. The Morgan fingerprint density at radius 1 is 0.885 bits per heavy atom. The van der Waals surface area contributed by atoms with E-state index in [4.69, 9.17) is 28.1 Å². The van der Waals surface area contributed by atoms with Gasteiger partial charge < -0.3 is 28.1 Å². The highest BCUT2D eigenvalue weighted by Crippen LogP contribution is 2.35. The third-order valence-electron chi connectivity index (χ3n) is 3.50. The lowest BCUT2D eigenvalue weighted by Gasteiger charge is -2.13. The standard InChI is InChI=1S/C18H20O8/c1-5-24-17(19)11-6-7-25-16(11)10-26-18(20)12-8-14(22-3)15(23-4)9-13(12)21-2/h6-9H,5,10H2,1-4H3. The molecule has 1 heterocycles. The van der Waals surface area contributed by atoms with Gasteiger partial charge in [0.15, 0.2) is 23.9 Å². The molecule has 0 radical (unpaired) electrons. The van der Waals surface area contributed by atoms with Crippen LogP contribution in [-0.2, 0) is 16.1 Å². The van der Waals surface area contributed by atoms with Gasteiger partial charge in [-0.1, -0.05) is 0 Å². The number of methoxy groups -OCH3 is 3. The van der Waals surface area contributed by atoms with E-state index in [0.29, 0.717) is 11.5 Å². The molecule has 1 aromatic heterocycles. The normalized spacial score (nSPS) is 10.2. The predicted octanol–water partition coefficient (Wildman–Crippen LogP) is 2.84. The topological polar surface area (TPSA) is 93.4 Å². The molecular weight excluding hydrogens is 344 g/mol. The van der Waals surface area contributed by atoms with Gasteiger partial charge in [-0.15, -0.1) is 0 Å². The summed E-state index contributed by atoms with van der Waals surface area (Å²) < 4.78 is 30.9. The Kier molecular flexibility index (Phi) is 6.48. The zero-order chi connectivity index (χ0) is 19.1. The molecule has 26 heavy (non-hydrogen) atoms. The van der Waals surface area contributed by atoms with E-state index in [1.54, 1.807) is 6.92 Å². The summed E-state index contributed by atoms with van der Waals surface area (Å²) >= 11 is 0. The second-order valence-electron chi connectivity index (χ2n) is 4.96. The van der Waals surface area contributed by atoms with Gasteiger partial charge in [0.2, 0.25) is 0 Å². The Morgan fingerprint density at radius 3 is 2.12 bits per heavy atom. The Bertz CT molecular complexity index is 777. The molecule has 0 aliphatic carbocycles. The van der Waals surface area contributed by atoms with E-state index in [9.17, 15) is 9.59 Å². The summed E-state index contributed by atoms with van der Waals surface area (Å²) in [5.41, 5.74) is 0.355. The average Bonchev–Trinajstić information content (AvgIpc) is 3.13. The number of carbonyl (C=O) groups excluding carboxylic acids is 2. The molecule has 140 valence electrons. The van der Waals surface area contributed by atoms with Gasteiger partial charge in [0.25, 0.3) is 0 Å². The summed E-state index contributed by atoms with van der Waals surface area (Å²) in [4.78, 5) is 24.3. The maximum Gasteiger partial charge on any atom is 0.342 e. The molecule has 8 heteroatoms. The number of ether oxygens (including phenoxy) is 5. The number of hydrogen-bond donors (Lipinski definition) is 0. The van der Waals surface area contributed by atoms with Crippen molar-refractivity contribution < 1.29 is 37.7 Å². The minimum absolute atomic E-state index is 0.148. The fraction of sp³-hybridized carbons (Fsp3) is 0.333. The molecule has 2 rings (SSSR count). The molecule has 1 aromatic carbocycles. The van der Waals surface area contributed by atoms with Gasteiger partial charge in [0.1, 0.15) is 16.9 Å². The molecule has 2 aromatic rings. The number of esters is 2. The molecule has 8 nitrogen and oxygen atoms in total. The van der Waals surface area contributed by atoms with Crippen LogP contribution in [0.4, 0.5) is 0 Å². The van der Waals surface area contributed by atoms with Crippen LogP contribution in [0.25, 0.3) is 0 Å². The van der Waals surface area contributed by atoms with Crippen LogP contribution in [0.1, 0.15) is 33.4 Å². The lowest BCUT2D eigenvalue weighted by molar-refractivity contribution is 0.0419. The number of furan rings is 1. The first kappa shape index (κ1) is 19.2. The van der Waals surface area contributed by atoms with Gasteiger partial charge in [-0.2, -0.15) is 0 Å². The van der Waals surface area contributed by atoms with Crippen LogP contribution in [0.5, 0.6) is 17.2 Å². The molecule has 0 amide bonds. The maximum absolute atomic E-state index is 12.4. The van der Waals surface area contributed by atoms with Gasteiger partial charge in [-0.05, 0) is 13.0 Å². The molecule has 0 saturated carbocycles. The summed E-state index contributed by atoms with van der Waals surface area (Å²) in [5.74, 6) is 0.000885. The van der Waals surface area contributed by atoms with Crippen molar-refractivity contribution in [1.29, 1.82) is 0 Å². The molecule has 0 atom stereocenters. The summed E-state index contributed by atoms with van der Waals surface area (Å²) in [6, 6.07) is 4.43. The van der Waals surface area contributed by atoms with E-state index in [1.165, 1.54) is 45.8 Å². The van der Waals surface area contributed by atoms with Crippen LogP contribution in [0.15, 0.2) is 28.9 Å². The van der Waals surface area contributed by atoms with Crippen LogP contribution in [0, 0.1) is 0 Å². The van der Waals surface area contributed by atoms with Gasteiger partial charge in [-0.3, -0.25) is 0 Å². The summed E-state index contributed by atoms with van der Waals surface area (Å²) in [7, 11) is 4.35. The first-order valence-corrected chi connectivity index (χ1v) is 7.76. The van der Waals surface area contributed by atoms with Crippen molar-refractivity contribution in [3.05, 3.63) is 41.3 Å². The summed E-state index contributed by atoms with van der Waals surface area (Å²) in [5, 5.41) is 0. The SMILES string of the molecule is CCOC(=O)c1ccoc1COC(=O)c1cc(OC)c(OC)cc1OC. The van der Waals surface area contributed by atoms with E-state index < -0.39 is 11.9 Å². The lowest BCUT2D eigenvalue weighted by Crippen LogP contribution is -2.11. The van der Waals surface area contributed by atoms with Crippen molar-refractivity contribution in [3.8, 4) is 17.2 Å². The van der Waals surface area contributed by atoms with Gasteiger partial charge in [0, 0.05) is 12.1 Å². The Hall–Kier alpha value is -3.16. The molecule has 0 aliphatic heterocycles. The van der Waals surface area contributed by atoms with Gasteiger partial charge in [-0.25, -0.2) is 9.59 Å². The van der Waals surface area contributed by atoms with E-state index >= 15 is 0 Å². The monoisotopic (exact) mass is 364 g/mol. The molecule has 0 fully saturated rings. The number of benzene rings is 1. The third-order valence-corrected chi connectivity index (χ3v) is 3.50. The fourth-order valence-corrected chi connectivity index (χ4v) is 2.24. The molecule has 0 unspecified atom stereocenters. The van der Waals surface area contributed by atoms with Crippen molar-refractivity contribution in [2.45, 2.75) is 13.5 Å². The minimum atomic E-state index is -0.672. The highest BCUT2D eigenvalue weighted by Gasteiger charge is 2.21. The Labute approximate surface area is 150 Å². The van der Waals surface area contributed by atoms with Gasteiger partial charge in [0.05, 0.1) is 34.2 Å². The van der Waals surface area contributed by atoms with Crippen molar-refractivity contribution in [2.24, 2.45) is 0 Å². The zero-order valence-electron chi connectivity index (χ0n) is 15.0. The average molecular weight is 364 g/mol. The number of rotatable bonds is 8. The lowest BCUT2D eigenvalue weighted by atomic mass is 10.1. The number of hydrogen-bond acceptors (Lipinski definition) is 8. The van der Waals surface area contributed by atoms with E-state index in [1.807, 2.05) is 0 Å². The van der Waals surface area contributed by atoms with Crippen LogP contribution < -0.4 is 14.2 Å². The first-order chi connectivity index (χ1) is 12.5. The molecule has 0 N–H and O–H groups in total. The fourth-order valence-electron chi connectivity index (χ4n) is 2.24. The van der Waals surface area contributed by atoms with E-state index in [2.05, 4.69) is 0 Å². The molecule has 0 spiro atoms. The zero-order valence-corrected chi connectivity index (χ0v) is 15.0. The maximum atomic E-state index is 12.4. The van der Waals surface area contributed by atoms with E-state index in [-0.39, 0.29) is 35.9 Å². The highest BCUT2D eigenvalue weighted by atomic mass is 16.5. The smallest absolute Gasteiger partial charge is 0.342 e. The predicted molar refractivity (Wildman–Crippen MR) is 89.9 cm³/mol. The van der Waals surface area contributed by atoms with Gasteiger partial charge >= 0.3 is 11.9 Å². The number of carbonyl (C=O) groups is 2. The third kappa shape index (κ3) is 4.08. The Morgan fingerprint density at radius 2 is 1.50 bits per heavy atom. The van der Waals surface area contributed by atoms with Crippen LogP contribution in [-0.4, -0.2) is 39.9 Å². The van der Waals surface area contributed by atoms with Crippen molar-refractivity contribution in [2.75, 3.05) is 27.9 Å². The van der Waals surface area contributed by atoms with Crippen LogP contribution in [0.3, 0.4) is 0 Å². The highest BCUT2D eigenvalue weighted by molar-refractivity contribution is 5.94. The minimum Gasteiger partial charge on any atom is -0.496 e. The molecule has 0 bridgehead atoms. The van der Waals surface area contributed by atoms with Crippen LogP contribution >= 0.6 is 0 Å². The van der Waals surface area contributed by atoms with Crippen molar-refractivity contribution in [1.82, 2.24) is 0 Å². The summed E-state index contributed by atoms with van der Waals surface area (Å²) in [6.07, 6.45) is 1.33. The van der Waals surface area contributed by atoms with Crippen molar-refractivity contribution >= 4 is 11.9 Å².